The quantitative estimate of drug-likeness (QED) is 0.343. The van der Waals surface area contributed by atoms with Crippen LogP contribution in [-0.2, 0) is 6.54 Å². The van der Waals surface area contributed by atoms with Gasteiger partial charge in [-0.15, -0.1) is 0 Å². The Kier molecular flexibility index (Phi) is 4.69. The molecule has 0 saturated carbocycles. The fourth-order valence-electron chi connectivity index (χ4n) is 6.21. The number of fused-ring (bicyclic) bond motifs is 4. The molecule has 2 fully saturated rings. The van der Waals surface area contributed by atoms with Crippen molar-refractivity contribution in [3.63, 3.8) is 0 Å². The number of para-hydroxylation sites is 2. The van der Waals surface area contributed by atoms with Crippen LogP contribution in [0.15, 0.2) is 90.0 Å². The Morgan fingerprint density at radius 1 is 0.794 bits per heavy atom. The molecule has 0 spiro atoms. The molecule has 3 aliphatic heterocycles. The zero-order valence-electron chi connectivity index (χ0n) is 19.0. The molecule has 0 amide bonds. The largest absolute Gasteiger partial charge is 0.472 e. The first kappa shape index (κ1) is 19.9. The summed E-state index contributed by atoms with van der Waals surface area (Å²) in [5, 5.41) is 0. The first-order valence-electron chi connectivity index (χ1n) is 12.2. The van der Waals surface area contributed by atoms with Crippen LogP contribution in [0.1, 0.15) is 31.2 Å². The topological polar surface area (TPSA) is 41.7 Å². The van der Waals surface area contributed by atoms with Crippen LogP contribution in [0.25, 0.3) is 11.1 Å². The monoisotopic (exact) mass is 449 g/mol. The summed E-state index contributed by atoms with van der Waals surface area (Å²) in [5.41, 5.74) is 5.93. The third-order valence-corrected chi connectivity index (χ3v) is 7.75. The Morgan fingerprint density at radius 3 is 2.38 bits per heavy atom. The molecule has 0 N–H and O–H groups in total. The maximum Gasteiger partial charge on any atom is 0.151 e. The highest BCUT2D eigenvalue weighted by molar-refractivity contribution is 5.81. The molecule has 5 heteroatoms. The molecule has 0 aliphatic carbocycles. The van der Waals surface area contributed by atoms with Gasteiger partial charge in [-0.25, -0.2) is 0 Å². The number of ether oxygens (including phenoxy) is 1. The van der Waals surface area contributed by atoms with Gasteiger partial charge in [0.25, 0.3) is 0 Å². The Labute approximate surface area is 199 Å². The number of piperidine rings is 1. The van der Waals surface area contributed by atoms with Gasteiger partial charge in [0.15, 0.2) is 11.5 Å². The van der Waals surface area contributed by atoms with Gasteiger partial charge >= 0.3 is 0 Å². The number of nitrogens with zero attached hydrogens (tertiary/aromatic N) is 3. The number of furan rings is 1. The van der Waals surface area contributed by atoms with Crippen molar-refractivity contribution in [3.8, 4) is 22.6 Å². The molecule has 34 heavy (non-hydrogen) atoms. The van der Waals surface area contributed by atoms with Gasteiger partial charge in [-0.2, -0.15) is 0 Å². The third-order valence-electron chi connectivity index (χ3n) is 7.75. The molecule has 3 atom stereocenters. The van der Waals surface area contributed by atoms with Gasteiger partial charge in [0.1, 0.15) is 0 Å². The minimum Gasteiger partial charge on any atom is -0.472 e. The smallest absolute Gasteiger partial charge is 0.151 e. The predicted octanol–water partition coefficient (Wildman–Crippen LogP) is 6.78. The van der Waals surface area contributed by atoms with Crippen LogP contribution in [0, 0.1) is 0 Å². The van der Waals surface area contributed by atoms with E-state index in [4.69, 9.17) is 9.15 Å². The van der Waals surface area contributed by atoms with Crippen molar-refractivity contribution >= 4 is 11.4 Å². The lowest BCUT2D eigenvalue weighted by Crippen LogP contribution is -2.49. The van der Waals surface area contributed by atoms with Gasteiger partial charge in [0.05, 0.1) is 23.9 Å². The summed E-state index contributed by atoms with van der Waals surface area (Å²) in [7, 11) is 0. The van der Waals surface area contributed by atoms with E-state index in [-0.39, 0.29) is 0 Å². The number of rotatable bonds is 4. The Hall–Kier alpha value is -3.57. The second-order valence-corrected chi connectivity index (χ2v) is 9.67. The Bertz CT molecular complexity index is 1290. The molecule has 5 nitrogen and oxygen atoms in total. The first-order chi connectivity index (χ1) is 16.8. The number of aromatic nitrogens is 1. The molecule has 0 unspecified atom stereocenters. The maximum atomic E-state index is 6.44. The van der Waals surface area contributed by atoms with Gasteiger partial charge < -0.3 is 14.1 Å². The van der Waals surface area contributed by atoms with E-state index in [2.05, 4.69) is 63.3 Å². The zero-order valence-corrected chi connectivity index (χ0v) is 19.0. The molecule has 2 saturated heterocycles. The number of anilines is 2. The van der Waals surface area contributed by atoms with Crippen LogP contribution in [0.3, 0.4) is 0 Å². The zero-order chi connectivity index (χ0) is 22.5. The lowest BCUT2D eigenvalue weighted by atomic mass is 9.93. The summed E-state index contributed by atoms with van der Waals surface area (Å²) in [6.07, 6.45) is 12.2. The van der Waals surface area contributed by atoms with Gasteiger partial charge in [-0.05, 0) is 79.3 Å². The average molecular weight is 450 g/mol. The second-order valence-electron chi connectivity index (χ2n) is 9.67. The Morgan fingerprint density at radius 2 is 1.59 bits per heavy atom. The van der Waals surface area contributed by atoms with E-state index in [1.54, 1.807) is 6.26 Å². The van der Waals surface area contributed by atoms with Crippen molar-refractivity contribution in [2.45, 2.75) is 50.4 Å². The van der Waals surface area contributed by atoms with Crippen molar-refractivity contribution in [3.05, 3.63) is 91.1 Å². The van der Waals surface area contributed by atoms with Crippen LogP contribution in [0.2, 0.25) is 0 Å². The molecule has 2 bridgehead atoms. The highest BCUT2D eigenvalue weighted by Gasteiger charge is 2.44. The number of pyridine rings is 1. The number of hydrogen-bond acceptors (Lipinski definition) is 5. The summed E-state index contributed by atoms with van der Waals surface area (Å²) >= 11 is 0. The van der Waals surface area contributed by atoms with Gasteiger partial charge in [0, 0.05) is 42.6 Å². The van der Waals surface area contributed by atoms with E-state index in [1.165, 1.54) is 29.8 Å². The summed E-state index contributed by atoms with van der Waals surface area (Å²) in [6.45, 7) is 0.990. The first-order valence-corrected chi connectivity index (χ1v) is 12.2. The minimum atomic E-state index is 0.452. The van der Waals surface area contributed by atoms with Gasteiger partial charge in [0.2, 0.25) is 0 Å². The van der Waals surface area contributed by atoms with E-state index in [0.29, 0.717) is 18.1 Å². The molecule has 2 aromatic carbocycles. The molecule has 170 valence electrons. The van der Waals surface area contributed by atoms with E-state index in [1.807, 2.05) is 30.8 Å². The molecule has 2 aromatic heterocycles. The van der Waals surface area contributed by atoms with Crippen molar-refractivity contribution in [1.29, 1.82) is 0 Å². The molecular formula is C29H27N3O2. The predicted molar refractivity (Wildman–Crippen MR) is 132 cm³/mol. The summed E-state index contributed by atoms with van der Waals surface area (Å²) in [6, 6.07) is 22.9. The molecule has 4 aromatic rings. The van der Waals surface area contributed by atoms with Gasteiger partial charge in [-0.1, -0.05) is 18.2 Å². The average Bonchev–Trinajstić information content (AvgIpc) is 3.47. The van der Waals surface area contributed by atoms with E-state index in [0.717, 1.165) is 42.0 Å². The van der Waals surface area contributed by atoms with Crippen molar-refractivity contribution in [1.82, 2.24) is 9.88 Å². The second kappa shape index (κ2) is 8.03. The van der Waals surface area contributed by atoms with Gasteiger partial charge in [-0.3, -0.25) is 9.88 Å². The fraction of sp³-hybridized carbons (Fsp3) is 0.276. The van der Waals surface area contributed by atoms with E-state index >= 15 is 0 Å². The van der Waals surface area contributed by atoms with Crippen LogP contribution in [-0.4, -0.2) is 28.0 Å². The minimum absolute atomic E-state index is 0.452. The van der Waals surface area contributed by atoms with Crippen LogP contribution in [0.4, 0.5) is 11.4 Å². The molecule has 5 heterocycles. The summed E-state index contributed by atoms with van der Waals surface area (Å²) in [5.74, 6) is 1.87. The summed E-state index contributed by atoms with van der Waals surface area (Å²) < 4.78 is 11.8. The van der Waals surface area contributed by atoms with E-state index in [9.17, 15) is 0 Å². The molecular weight excluding hydrogens is 422 g/mol. The summed E-state index contributed by atoms with van der Waals surface area (Å²) in [4.78, 5) is 9.43. The van der Waals surface area contributed by atoms with Crippen LogP contribution < -0.4 is 9.64 Å². The highest BCUT2D eigenvalue weighted by atomic mass is 16.5. The van der Waals surface area contributed by atoms with Crippen molar-refractivity contribution in [2.24, 2.45) is 0 Å². The van der Waals surface area contributed by atoms with E-state index < -0.39 is 0 Å². The molecule has 0 radical (unpaired) electrons. The lowest BCUT2D eigenvalue weighted by molar-refractivity contribution is 0.119. The van der Waals surface area contributed by atoms with Crippen LogP contribution >= 0.6 is 0 Å². The number of hydrogen-bond donors (Lipinski definition) is 0. The standard InChI is InChI=1S/C29H27N3O2/c1-2-4-28-26(3-1)32(27-8-5-22(15-29(27)34-28)21-9-12-30-13-10-21)25-16-23-6-7-24(17-25)31(23)18-20-11-14-33-19-20/h1-5,8-15,19,23-25H,6-7,16-18H2/t23-,24+,25-. The Balaban J connectivity index is 1.23. The van der Waals surface area contributed by atoms with Crippen molar-refractivity contribution in [2.75, 3.05) is 4.90 Å². The molecule has 7 rings (SSSR count). The van der Waals surface area contributed by atoms with Crippen molar-refractivity contribution < 1.29 is 9.15 Å². The van der Waals surface area contributed by atoms with Crippen LogP contribution in [0.5, 0.6) is 11.5 Å². The molecule has 3 aliphatic rings. The maximum absolute atomic E-state index is 6.44. The fourth-order valence-corrected chi connectivity index (χ4v) is 6.21. The highest BCUT2D eigenvalue weighted by Crippen LogP contribution is 2.51. The number of benzene rings is 2. The third kappa shape index (κ3) is 3.31. The normalized spacial score (nSPS) is 23.3. The SMILES string of the molecule is c1ccc2c(c1)Oc1cc(-c3ccncc3)ccc1N2[C@@H]1C[C@H]2CC[C@@H](C1)N2Cc1ccoc1. The lowest BCUT2D eigenvalue weighted by Gasteiger charge is -2.46.